The van der Waals surface area contributed by atoms with Gasteiger partial charge in [0.25, 0.3) is 0 Å². The maximum Gasteiger partial charge on any atom is 0.139 e. The highest BCUT2D eigenvalue weighted by atomic mass is 35.5. The van der Waals surface area contributed by atoms with Gasteiger partial charge in [-0.1, -0.05) is 11.6 Å². The van der Waals surface area contributed by atoms with Gasteiger partial charge in [0, 0.05) is 34.1 Å². The molecular formula is C15H19ClN2OS. The van der Waals surface area contributed by atoms with Crippen LogP contribution in [0.1, 0.15) is 30.5 Å². The Bertz CT molecular complexity index is 563. The number of rotatable bonds is 5. The van der Waals surface area contributed by atoms with E-state index in [-0.39, 0.29) is 5.54 Å². The summed E-state index contributed by atoms with van der Waals surface area (Å²) in [5, 5.41) is 4.06. The molecule has 0 spiro atoms. The van der Waals surface area contributed by atoms with Crippen molar-refractivity contribution in [2.75, 3.05) is 0 Å². The number of aromatic nitrogens is 1. The summed E-state index contributed by atoms with van der Waals surface area (Å²) >= 11 is 7.62. The van der Waals surface area contributed by atoms with Gasteiger partial charge in [0.2, 0.25) is 0 Å². The highest BCUT2D eigenvalue weighted by molar-refractivity contribution is 7.11. The van der Waals surface area contributed by atoms with Gasteiger partial charge in [-0.05, 0) is 32.9 Å². The molecule has 0 atom stereocenters. The summed E-state index contributed by atoms with van der Waals surface area (Å²) in [7, 11) is 0. The Morgan fingerprint density at radius 1 is 1.25 bits per heavy atom. The van der Waals surface area contributed by atoms with Crippen LogP contribution in [0.2, 0.25) is 5.02 Å². The normalized spacial score (nSPS) is 11.6. The number of hydrogen-bond acceptors (Lipinski definition) is 4. The minimum atomic E-state index is 0.132. The number of nitrogens with one attached hydrogen (secondary N) is 1. The molecule has 2 rings (SSSR count). The summed E-state index contributed by atoms with van der Waals surface area (Å²) < 4.78 is 5.67. The monoisotopic (exact) mass is 310 g/mol. The van der Waals surface area contributed by atoms with E-state index in [1.807, 2.05) is 0 Å². The van der Waals surface area contributed by atoms with Crippen molar-refractivity contribution in [1.29, 1.82) is 0 Å². The number of nitrogens with zero attached hydrogens (tertiary/aromatic N) is 1. The fourth-order valence-corrected chi connectivity index (χ4v) is 2.61. The van der Waals surface area contributed by atoms with Crippen molar-refractivity contribution in [3.05, 3.63) is 45.4 Å². The van der Waals surface area contributed by atoms with Crippen molar-refractivity contribution in [2.45, 2.75) is 39.5 Å². The molecule has 1 N–H and O–H groups in total. The molecule has 2 heterocycles. The molecule has 2 aromatic heterocycles. The molecule has 0 saturated carbocycles. The van der Waals surface area contributed by atoms with Crippen molar-refractivity contribution in [3.63, 3.8) is 0 Å². The zero-order valence-corrected chi connectivity index (χ0v) is 13.5. The van der Waals surface area contributed by atoms with Crippen LogP contribution >= 0.6 is 22.9 Å². The number of thiophene rings is 1. The second kappa shape index (κ2) is 6.57. The third-order valence-electron chi connectivity index (χ3n) is 2.57. The lowest BCUT2D eigenvalue weighted by molar-refractivity contribution is 0.308. The van der Waals surface area contributed by atoms with Crippen molar-refractivity contribution in [3.8, 4) is 5.75 Å². The van der Waals surface area contributed by atoms with Gasteiger partial charge in [-0.2, -0.15) is 0 Å². The predicted molar refractivity (Wildman–Crippen MR) is 84.5 cm³/mol. The lowest BCUT2D eigenvalue weighted by Crippen LogP contribution is -2.34. The molecule has 0 saturated heterocycles. The first-order chi connectivity index (χ1) is 9.42. The molecule has 0 radical (unpaired) electrons. The van der Waals surface area contributed by atoms with Crippen LogP contribution in [-0.4, -0.2) is 10.5 Å². The maximum atomic E-state index is 5.87. The van der Waals surface area contributed by atoms with Gasteiger partial charge in [0.15, 0.2) is 0 Å². The van der Waals surface area contributed by atoms with Crippen LogP contribution in [0.25, 0.3) is 0 Å². The van der Waals surface area contributed by atoms with E-state index in [0.29, 0.717) is 17.4 Å². The van der Waals surface area contributed by atoms with Gasteiger partial charge in [-0.25, -0.2) is 0 Å². The van der Waals surface area contributed by atoms with Crippen LogP contribution in [0.15, 0.2) is 30.6 Å². The van der Waals surface area contributed by atoms with Gasteiger partial charge < -0.3 is 10.1 Å². The zero-order valence-electron chi connectivity index (χ0n) is 11.9. The quantitative estimate of drug-likeness (QED) is 0.896. The molecule has 108 valence electrons. The van der Waals surface area contributed by atoms with Crippen LogP contribution in [0, 0.1) is 0 Å². The van der Waals surface area contributed by atoms with Gasteiger partial charge >= 0.3 is 0 Å². The fourth-order valence-electron chi connectivity index (χ4n) is 1.57. The molecule has 3 nitrogen and oxygen atoms in total. The minimum Gasteiger partial charge on any atom is -0.486 e. The van der Waals surface area contributed by atoms with Crippen LogP contribution < -0.4 is 10.1 Å². The molecule has 0 aliphatic carbocycles. The molecule has 20 heavy (non-hydrogen) atoms. The Kier molecular flexibility index (Phi) is 5.02. The number of ether oxygens (including phenoxy) is 1. The third-order valence-corrected chi connectivity index (χ3v) is 3.84. The van der Waals surface area contributed by atoms with Crippen LogP contribution in [0.4, 0.5) is 0 Å². The molecule has 0 unspecified atom stereocenters. The maximum absolute atomic E-state index is 5.87. The van der Waals surface area contributed by atoms with Crippen molar-refractivity contribution in [2.24, 2.45) is 0 Å². The molecule has 0 aromatic carbocycles. The number of pyridine rings is 1. The van der Waals surface area contributed by atoms with E-state index in [0.717, 1.165) is 6.54 Å². The molecule has 0 aliphatic rings. The van der Waals surface area contributed by atoms with Crippen LogP contribution in [-0.2, 0) is 13.2 Å². The summed E-state index contributed by atoms with van der Waals surface area (Å²) in [5.41, 5.74) is 0.132. The van der Waals surface area contributed by atoms with E-state index < -0.39 is 0 Å². The predicted octanol–water partition coefficient (Wildman–Crippen LogP) is 4.26. The Balaban J connectivity index is 1.87. The molecular weight excluding hydrogens is 292 g/mol. The Morgan fingerprint density at radius 2 is 2.00 bits per heavy atom. The van der Waals surface area contributed by atoms with E-state index >= 15 is 0 Å². The molecule has 0 amide bonds. The van der Waals surface area contributed by atoms with E-state index in [2.05, 4.69) is 43.2 Å². The van der Waals surface area contributed by atoms with Gasteiger partial charge in [0.1, 0.15) is 12.4 Å². The van der Waals surface area contributed by atoms with E-state index in [4.69, 9.17) is 16.3 Å². The van der Waals surface area contributed by atoms with Crippen LogP contribution in [0.3, 0.4) is 0 Å². The highest BCUT2D eigenvalue weighted by Crippen LogP contribution is 2.21. The smallest absolute Gasteiger partial charge is 0.139 e. The highest BCUT2D eigenvalue weighted by Gasteiger charge is 2.09. The third kappa shape index (κ3) is 5.12. The zero-order chi connectivity index (χ0) is 14.6. The Labute approximate surface area is 129 Å². The number of halogens is 1. The lowest BCUT2D eigenvalue weighted by Gasteiger charge is -2.19. The second-order valence-corrected chi connectivity index (χ2v) is 7.29. The molecule has 2 aromatic rings. The summed E-state index contributed by atoms with van der Waals surface area (Å²) in [4.78, 5) is 6.49. The SMILES string of the molecule is CC(C)(C)NCc1ccc(COc2cncc(Cl)c2)s1. The standard InChI is InChI=1S/C15H19ClN2OS/c1-15(2,3)18-9-13-4-5-14(20-13)10-19-12-6-11(16)7-17-8-12/h4-8,18H,9-10H2,1-3H3. The average Bonchev–Trinajstić information content (AvgIpc) is 2.81. The molecule has 5 heteroatoms. The molecule has 0 fully saturated rings. The van der Waals surface area contributed by atoms with Gasteiger partial charge in [-0.3, -0.25) is 4.98 Å². The Morgan fingerprint density at radius 3 is 2.70 bits per heavy atom. The molecule has 0 bridgehead atoms. The summed E-state index contributed by atoms with van der Waals surface area (Å²) in [6, 6.07) is 6.00. The van der Waals surface area contributed by atoms with Crippen molar-refractivity contribution in [1.82, 2.24) is 10.3 Å². The first kappa shape index (κ1) is 15.3. The van der Waals surface area contributed by atoms with Gasteiger partial charge in [-0.15, -0.1) is 11.3 Å². The minimum absolute atomic E-state index is 0.132. The average molecular weight is 311 g/mol. The van der Waals surface area contributed by atoms with E-state index in [1.165, 1.54) is 9.75 Å². The Hall–Kier alpha value is -1.10. The van der Waals surface area contributed by atoms with Crippen molar-refractivity contribution < 1.29 is 4.74 Å². The summed E-state index contributed by atoms with van der Waals surface area (Å²) in [6.45, 7) is 7.92. The summed E-state index contributed by atoms with van der Waals surface area (Å²) in [6.07, 6.45) is 3.26. The second-order valence-electron chi connectivity index (χ2n) is 5.60. The first-order valence-corrected chi connectivity index (χ1v) is 7.68. The largest absolute Gasteiger partial charge is 0.486 e. The van der Waals surface area contributed by atoms with E-state index in [9.17, 15) is 0 Å². The first-order valence-electron chi connectivity index (χ1n) is 6.48. The topological polar surface area (TPSA) is 34.1 Å². The fraction of sp³-hybridized carbons (Fsp3) is 0.400. The molecule has 0 aliphatic heterocycles. The van der Waals surface area contributed by atoms with Gasteiger partial charge in [0.05, 0.1) is 11.2 Å². The lowest BCUT2D eigenvalue weighted by atomic mass is 10.1. The number of hydrogen-bond donors (Lipinski definition) is 1. The van der Waals surface area contributed by atoms with Crippen molar-refractivity contribution >= 4 is 22.9 Å². The van der Waals surface area contributed by atoms with Crippen LogP contribution in [0.5, 0.6) is 5.75 Å². The van der Waals surface area contributed by atoms with E-state index in [1.54, 1.807) is 29.8 Å². The summed E-state index contributed by atoms with van der Waals surface area (Å²) in [5.74, 6) is 0.695.